The van der Waals surface area contributed by atoms with E-state index in [1.165, 1.54) is 12.1 Å². The van der Waals surface area contributed by atoms with E-state index in [2.05, 4.69) is 0 Å². The molecule has 1 atom stereocenters. The van der Waals surface area contributed by atoms with Crippen molar-refractivity contribution in [3.63, 3.8) is 0 Å². The highest BCUT2D eigenvalue weighted by Gasteiger charge is 2.35. The number of carbonyl (C=O) groups excluding carboxylic acids is 3. The van der Waals surface area contributed by atoms with E-state index in [1.54, 1.807) is 32.9 Å². The van der Waals surface area contributed by atoms with Crippen molar-refractivity contribution in [3.8, 4) is 5.75 Å². The van der Waals surface area contributed by atoms with Crippen LogP contribution in [0.25, 0.3) is 0 Å². The third-order valence-electron chi connectivity index (χ3n) is 2.98. The fourth-order valence-corrected chi connectivity index (χ4v) is 1.75. The topological polar surface area (TPSA) is 99.1 Å². The van der Waals surface area contributed by atoms with Gasteiger partial charge >= 0.3 is 17.9 Å². The second-order valence-corrected chi connectivity index (χ2v) is 4.63. The Morgan fingerprint density at radius 3 is 1.87 bits per heavy atom. The lowest BCUT2D eigenvalue weighted by atomic mass is 10.0. The van der Waals surface area contributed by atoms with Crippen molar-refractivity contribution in [2.45, 2.75) is 32.8 Å². The molecule has 7 nitrogen and oxygen atoms in total. The lowest BCUT2D eigenvalue weighted by Gasteiger charge is -2.18. The minimum Gasteiger partial charge on any atom is -0.508 e. The standard InChI is InChI=1S/C16H20O7/c1-4-21-15(19)13(16(20)22-5-2)23-14(18)10(3)11-6-8-12(17)9-7-11/h6-10,13,17H,4-5H2,1-3H3. The number of esters is 3. The van der Waals surface area contributed by atoms with E-state index in [-0.39, 0.29) is 19.0 Å². The summed E-state index contributed by atoms with van der Waals surface area (Å²) in [6.07, 6.45) is -1.75. The quantitative estimate of drug-likeness (QED) is 0.461. The predicted molar refractivity (Wildman–Crippen MR) is 79.7 cm³/mol. The molecule has 1 N–H and O–H groups in total. The van der Waals surface area contributed by atoms with Gasteiger partial charge in [-0.25, -0.2) is 9.59 Å². The van der Waals surface area contributed by atoms with Gasteiger partial charge in [-0.15, -0.1) is 0 Å². The van der Waals surface area contributed by atoms with Crippen LogP contribution in [0.15, 0.2) is 24.3 Å². The SMILES string of the molecule is CCOC(=O)C(OC(=O)C(C)c1ccc(O)cc1)C(=O)OCC. The molecule has 1 unspecified atom stereocenters. The molecule has 0 fully saturated rings. The van der Waals surface area contributed by atoms with Gasteiger partial charge in [-0.2, -0.15) is 0 Å². The van der Waals surface area contributed by atoms with Gasteiger partial charge < -0.3 is 19.3 Å². The summed E-state index contributed by atoms with van der Waals surface area (Å²) in [5.74, 6) is -3.40. The Hall–Kier alpha value is -2.57. The van der Waals surface area contributed by atoms with Crippen LogP contribution >= 0.6 is 0 Å². The Morgan fingerprint density at radius 1 is 0.957 bits per heavy atom. The number of rotatable bonds is 7. The van der Waals surface area contributed by atoms with Crippen LogP contribution in [0.5, 0.6) is 5.75 Å². The number of hydrogen-bond donors (Lipinski definition) is 1. The maximum atomic E-state index is 12.2. The number of aromatic hydroxyl groups is 1. The summed E-state index contributed by atoms with van der Waals surface area (Å²) in [5.41, 5.74) is 0.569. The lowest BCUT2D eigenvalue weighted by molar-refractivity contribution is -0.180. The number of phenols is 1. The Balaban J connectivity index is 2.84. The van der Waals surface area contributed by atoms with Gasteiger partial charge in [0.2, 0.25) is 0 Å². The van der Waals surface area contributed by atoms with Crippen molar-refractivity contribution in [2.75, 3.05) is 13.2 Å². The maximum absolute atomic E-state index is 12.2. The highest BCUT2D eigenvalue weighted by Crippen LogP contribution is 2.20. The molecule has 0 saturated heterocycles. The Bertz CT molecular complexity index is 532. The first-order chi connectivity index (χ1) is 10.9. The first-order valence-electron chi connectivity index (χ1n) is 7.23. The predicted octanol–water partition coefficient (Wildman–Crippen LogP) is 1.53. The van der Waals surface area contributed by atoms with Crippen LogP contribution in [0.1, 0.15) is 32.3 Å². The molecule has 0 spiro atoms. The molecule has 23 heavy (non-hydrogen) atoms. The zero-order valence-corrected chi connectivity index (χ0v) is 13.3. The van der Waals surface area contributed by atoms with Crippen LogP contribution in [-0.4, -0.2) is 42.3 Å². The highest BCUT2D eigenvalue weighted by molar-refractivity contribution is 6.00. The molecule has 0 aromatic heterocycles. The number of carbonyl (C=O) groups is 3. The molecule has 1 aromatic carbocycles. The van der Waals surface area contributed by atoms with Crippen LogP contribution in [0.4, 0.5) is 0 Å². The van der Waals surface area contributed by atoms with Crippen LogP contribution in [0.3, 0.4) is 0 Å². The van der Waals surface area contributed by atoms with E-state index in [4.69, 9.17) is 14.2 Å². The summed E-state index contributed by atoms with van der Waals surface area (Å²) in [6, 6.07) is 5.94. The van der Waals surface area contributed by atoms with E-state index < -0.39 is 29.9 Å². The van der Waals surface area contributed by atoms with Gasteiger partial charge in [0.05, 0.1) is 19.1 Å². The van der Waals surface area contributed by atoms with Gasteiger partial charge in [0.1, 0.15) is 5.75 Å². The number of ether oxygens (including phenoxy) is 3. The fourth-order valence-electron chi connectivity index (χ4n) is 1.75. The van der Waals surface area contributed by atoms with E-state index in [1.807, 2.05) is 0 Å². The zero-order chi connectivity index (χ0) is 17.4. The van der Waals surface area contributed by atoms with Gasteiger partial charge in [0.15, 0.2) is 0 Å². The van der Waals surface area contributed by atoms with Gasteiger partial charge in [-0.05, 0) is 38.5 Å². The first-order valence-corrected chi connectivity index (χ1v) is 7.23. The Kier molecular flexibility index (Phi) is 7.05. The molecule has 0 aliphatic heterocycles. The smallest absolute Gasteiger partial charge is 0.359 e. The Labute approximate surface area is 134 Å². The average molecular weight is 324 g/mol. The van der Waals surface area contributed by atoms with Crippen molar-refractivity contribution in [1.82, 2.24) is 0 Å². The van der Waals surface area contributed by atoms with Gasteiger partial charge in [0, 0.05) is 0 Å². The lowest BCUT2D eigenvalue weighted by Crippen LogP contribution is -2.38. The second kappa shape index (κ2) is 8.77. The summed E-state index contributed by atoms with van der Waals surface area (Å²) < 4.78 is 14.4. The molecule has 1 aromatic rings. The van der Waals surface area contributed by atoms with Crippen molar-refractivity contribution >= 4 is 17.9 Å². The van der Waals surface area contributed by atoms with Crippen molar-refractivity contribution in [2.24, 2.45) is 0 Å². The fraction of sp³-hybridized carbons (Fsp3) is 0.438. The average Bonchev–Trinajstić information content (AvgIpc) is 2.52. The molecule has 1 rings (SSSR count). The monoisotopic (exact) mass is 324 g/mol. The summed E-state index contributed by atoms with van der Waals surface area (Å²) in [4.78, 5) is 35.7. The molecule has 0 bridgehead atoms. The molecule has 0 radical (unpaired) electrons. The summed E-state index contributed by atoms with van der Waals surface area (Å²) in [5, 5.41) is 9.25. The maximum Gasteiger partial charge on any atom is 0.359 e. The van der Waals surface area contributed by atoms with Crippen molar-refractivity contribution in [1.29, 1.82) is 0 Å². The molecular weight excluding hydrogens is 304 g/mol. The van der Waals surface area contributed by atoms with E-state index in [9.17, 15) is 19.5 Å². The summed E-state index contributed by atoms with van der Waals surface area (Å²) >= 11 is 0. The third-order valence-corrected chi connectivity index (χ3v) is 2.98. The summed E-state index contributed by atoms with van der Waals surface area (Å²) in [7, 11) is 0. The summed E-state index contributed by atoms with van der Waals surface area (Å²) in [6.45, 7) is 4.78. The van der Waals surface area contributed by atoms with Gasteiger partial charge in [-0.3, -0.25) is 4.79 Å². The molecule has 0 aliphatic rings. The van der Waals surface area contributed by atoms with E-state index in [0.29, 0.717) is 5.56 Å². The number of phenolic OH excluding ortho intramolecular Hbond substituents is 1. The minimum absolute atomic E-state index is 0.0415. The van der Waals surface area contributed by atoms with Crippen LogP contribution < -0.4 is 0 Å². The highest BCUT2D eigenvalue weighted by atomic mass is 16.6. The number of benzene rings is 1. The van der Waals surface area contributed by atoms with Crippen molar-refractivity contribution in [3.05, 3.63) is 29.8 Å². The molecule has 0 heterocycles. The second-order valence-electron chi connectivity index (χ2n) is 4.63. The first kappa shape index (κ1) is 18.5. The third kappa shape index (κ3) is 5.28. The normalized spacial score (nSPS) is 11.7. The molecule has 0 saturated carbocycles. The molecule has 7 heteroatoms. The van der Waals surface area contributed by atoms with Crippen LogP contribution in [-0.2, 0) is 28.6 Å². The zero-order valence-electron chi connectivity index (χ0n) is 13.3. The van der Waals surface area contributed by atoms with Gasteiger partial charge in [0.25, 0.3) is 6.10 Å². The molecule has 126 valence electrons. The molecule has 0 amide bonds. The number of hydrogen-bond acceptors (Lipinski definition) is 7. The van der Waals surface area contributed by atoms with Crippen LogP contribution in [0, 0.1) is 0 Å². The van der Waals surface area contributed by atoms with E-state index >= 15 is 0 Å². The van der Waals surface area contributed by atoms with Crippen LogP contribution in [0.2, 0.25) is 0 Å². The molecule has 0 aliphatic carbocycles. The molecular formula is C16H20O7. The van der Waals surface area contributed by atoms with Gasteiger partial charge in [-0.1, -0.05) is 12.1 Å². The minimum atomic E-state index is -1.75. The Morgan fingerprint density at radius 2 is 1.43 bits per heavy atom. The largest absolute Gasteiger partial charge is 0.508 e. The van der Waals surface area contributed by atoms with Crippen molar-refractivity contribution < 1.29 is 33.7 Å². The van der Waals surface area contributed by atoms with E-state index in [0.717, 1.165) is 0 Å².